The summed E-state index contributed by atoms with van der Waals surface area (Å²) in [5, 5.41) is 15.9. The Kier molecular flexibility index (Phi) is 3.71. The largest absolute Gasteiger partial charge is 0.476 e. The van der Waals surface area contributed by atoms with E-state index in [0.717, 1.165) is 10.6 Å². The van der Waals surface area contributed by atoms with Crippen molar-refractivity contribution in [1.82, 2.24) is 20.0 Å². The summed E-state index contributed by atoms with van der Waals surface area (Å²) in [6.07, 6.45) is 4.90. The van der Waals surface area contributed by atoms with Crippen molar-refractivity contribution in [2.75, 3.05) is 5.75 Å². The van der Waals surface area contributed by atoms with E-state index in [0.29, 0.717) is 6.54 Å². The molecule has 0 amide bonds. The number of pyridine rings is 1. The van der Waals surface area contributed by atoms with Crippen LogP contribution in [0.5, 0.6) is 0 Å². The molecule has 2 rings (SSSR count). The molecule has 0 aromatic carbocycles. The number of aryl methyl sites for hydroxylation is 1. The smallest absolute Gasteiger partial charge is 0.358 e. The zero-order chi connectivity index (χ0) is 12.1. The Labute approximate surface area is 102 Å². The molecule has 0 aliphatic rings. The monoisotopic (exact) mass is 250 g/mol. The lowest BCUT2D eigenvalue weighted by Crippen LogP contribution is -2.01. The first-order chi connectivity index (χ1) is 8.25. The van der Waals surface area contributed by atoms with Crippen LogP contribution in [0.4, 0.5) is 0 Å². The lowest BCUT2D eigenvalue weighted by atomic mass is 10.5. The molecule has 0 atom stereocenters. The van der Waals surface area contributed by atoms with Crippen LogP contribution >= 0.6 is 11.8 Å². The van der Waals surface area contributed by atoms with Crippen molar-refractivity contribution in [3.8, 4) is 0 Å². The van der Waals surface area contributed by atoms with Gasteiger partial charge in [-0.15, -0.1) is 16.9 Å². The van der Waals surface area contributed by atoms with Crippen molar-refractivity contribution in [1.29, 1.82) is 0 Å². The molecule has 0 aliphatic heterocycles. The summed E-state index contributed by atoms with van der Waals surface area (Å²) >= 11 is 1.66. The highest BCUT2D eigenvalue weighted by Gasteiger charge is 2.07. The van der Waals surface area contributed by atoms with Crippen LogP contribution in [0, 0.1) is 0 Å². The van der Waals surface area contributed by atoms with Crippen LogP contribution in [-0.2, 0) is 6.54 Å². The summed E-state index contributed by atoms with van der Waals surface area (Å²) in [5.74, 6) is -0.259. The number of carboxylic acids is 1. The van der Waals surface area contributed by atoms with Gasteiger partial charge in [-0.3, -0.25) is 9.67 Å². The van der Waals surface area contributed by atoms with Gasteiger partial charge in [-0.05, 0) is 12.1 Å². The summed E-state index contributed by atoms with van der Waals surface area (Å²) in [6, 6.07) is 3.85. The van der Waals surface area contributed by atoms with E-state index in [9.17, 15) is 4.79 Å². The van der Waals surface area contributed by atoms with E-state index >= 15 is 0 Å². The van der Waals surface area contributed by atoms with Crippen molar-refractivity contribution in [2.24, 2.45) is 0 Å². The van der Waals surface area contributed by atoms with Gasteiger partial charge in [0, 0.05) is 23.0 Å². The molecule has 2 heterocycles. The van der Waals surface area contributed by atoms with Crippen LogP contribution < -0.4 is 0 Å². The molecule has 0 aliphatic carbocycles. The normalized spacial score (nSPS) is 10.4. The standard InChI is InChI=1S/C10H10N4O2S/c15-10(16)9-7-14(13-12-9)5-6-17-8-1-3-11-4-2-8/h1-4,7H,5-6H2,(H,15,16). The van der Waals surface area contributed by atoms with Crippen molar-refractivity contribution in [3.05, 3.63) is 36.4 Å². The number of carbonyl (C=O) groups is 1. The van der Waals surface area contributed by atoms with E-state index in [-0.39, 0.29) is 5.69 Å². The zero-order valence-electron chi connectivity index (χ0n) is 8.85. The van der Waals surface area contributed by atoms with Gasteiger partial charge in [0.25, 0.3) is 0 Å². The van der Waals surface area contributed by atoms with Gasteiger partial charge < -0.3 is 5.11 Å². The highest BCUT2D eigenvalue weighted by molar-refractivity contribution is 7.99. The lowest BCUT2D eigenvalue weighted by Gasteiger charge is -2.00. The second kappa shape index (κ2) is 5.44. The molecular formula is C10H10N4O2S. The van der Waals surface area contributed by atoms with E-state index in [1.165, 1.54) is 10.9 Å². The predicted molar refractivity (Wildman–Crippen MR) is 61.9 cm³/mol. The maximum atomic E-state index is 10.6. The zero-order valence-corrected chi connectivity index (χ0v) is 9.67. The minimum atomic E-state index is -1.06. The molecule has 17 heavy (non-hydrogen) atoms. The Morgan fingerprint density at radius 1 is 1.41 bits per heavy atom. The van der Waals surface area contributed by atoms with E-state index < -0.39 is 5.97 Å². The van der Waals surface area contributed by atoms with Crippen molar-refractivity contribution in [3.63, 3.8) is 0 Å². The average molecular weight is 250 g/mol. The Bertz CT molecular complexity index is 500. The maximum Gasteiger partial charge on any atom is 0.358 e. The highest BCUT2D eigenvalue weighted by Crippen LogP contribution is 2.16. The fourth-order valence-corrected chi connectivity index (χ4v) is 2.03. The Balaban J connectivity index is 1.84. The third-order valence-electron chi connectivity index (χ3n) is 2.00. The number of hydrogen-bond donors (Lipinski definition) is 1. The van der Waals surface area contributed by atoms with E-state index in [1.54, 1.807) is 24.2 Å². The summed E-state index contributed by atoms with van der Waals surface area (Å²) in [5.41, 5.74) is -0.0288. The number of aromatic nitrogens is 4. The van der Waals surface area contributed by atoms with Gasteiger partial charge in [-0.25, -0.2) is 4.79 Å². The number of hydrogen-bond acceptors (Lipinski definition) is 5. The van der Waals surface area contributed by atoms with Crippen LogP contribution in [0.25, 0.3) is 0 Å². The second-order valence-electron chi connectivity index (χ2n) is 3.20. The minimum Gasteiger partial charge on any atom is -0.476 e. The predicted octanol–water partition coefficient (Wildman–Crippen LogP) is 1.16. The molecule has 0 saturated carbocycles. The summed E-state index contributed by atoms with van der Waals surface area (Å²) in [4.78, 5) is 15.6. The van der Waals surface area contributed by atoms with Crippen molar-refractivity contribution in [2.45, 2.75) is 11.4 Å². The van der Waals surface area contributed by atoms with Gasteiger partial charge >= 0.3 is 5.97 Å². The van der Waals surface area contributed by atoms with Crippen LogP contribution in [0.3, 0.4) is 0 Å². The second-order valence-corrected chi connectivity index (χ2v) is 4.37. The number of thioether (sulfide) groups is 1. The van der Waals surface area contributed by atoms with Crippen molar-refractivity contribution < 1.29 is 9.90 Å². The lowest BCUT2D eigenvalue weighted by molar-refractivity contribution is 0.0690. The Morgan fingerprint density at radius 3 is 2.82 bits per heavy atom. The summed E-state index contributed by atoms with van der Waals surface area (Å²) < 4.78 is 1.53. The topological polar surface area (TPSA) is 80.9 Å². The fourth-order valence-electron chi connectivity index (χ4n) is 1.20. The third kappa shape index (κ3) is 3.28. The van der Waals surface area contributed by atoms with Crippen LogP contribution in [0.15, 0.2) is 35.6 Å². The molecule has 2 aromatic rings. The van der Waals surface area contributed by atoms with Crippen molar-refractivity contribution >= 4 is 17.7 Å². The molecule has 88 valence electrons. The number of carboxylic acid groups (broad SMARTS) is 1. The Morgan fingerprint density at radius 2 is 2.18 bits per heavy atom. The number of aromatic carboxylic acids is 1. The first-order valence-corrected chi connectivity index (χ1v) is 5.90. The molecule has 7 heteroatoms. The molecule has 0 fully saturated rings. The summed E-state index contributed by atoms with van der Waals surface area (Å²) in [7, 11) is 0. The Hall–Kier alpha value is -1.89. The molecule has 0 radical (unpaired) electrons. The third-order valence-corrected chi connectivity index (χ3v) is 2.99. The van der Waals surface area contributed by atoms with E-state index in [1.807, 2.05) is 12.1 Å². The fraction of sp³-hybridized carbons (Fsp3) is 0.200. The number of nitrogens with zero attached hydrogens (tertiary/aromatic N) is 4. The minimum absolute atomic E-state index is 0.0288. The molecule has 0 saturated heterocycles. The first-order valence-electron chi connectivity index (χ1n) is 4.92. The molecule has 0 bridgehead atoms. The quantitative estimate of drug-likeness (QED) is 0.802. The van der Waals surface area contributed by atoms with E-state index in [2.05, 4.69) is 15.3 Å². The molecule has 2 aromatic heterocycles. The molecule has 0 spiro atoms. The van der Waals surface area contributed by atoms with Gasteiger partial charge in [-0.1, -0.05) is 5.21 Å². The van der Waals surface area contributed by atoms with Gasteiger partial charge in [0.2, 0.25) is 0 Å². The summed E-state index contributed by atoms with van der Waals surface area (Å²) in [6.45, 7) is 0.618. The maximum absolute atomic E-state index is 10.6. The van der Waals surface area contributed by atoms with Gasteiger partial charge in [-0.2, -0.15) is 0 Å². The van der Waals surface area contributed by atoms with Gasteiger partial charge in [0.1, 0.15) is 0 Å². The van der Waals surface area contributed by atoms with Gasteiger partial charge in [0.15, 0.2) is 5.69 Å². The first kappa shape index (κ1) is 11.6. The molecular weight excluding hydrogens is 240 g/mol. The van der Waals surface area contributed by atoms with Gasteiger partial charge in [0.05, 0.1) is 12.7 Å². The molecule has 0 unspecified atom stereocenters. The van der Waals surface area contributed by atoms with E-state index in [4.69, 9.17) is 5.11 Å². The highest BCUT2D eigenvalue weighted by atomic mass is 32.2. The molecule has 1 N–H and O–H groups in total. The molecule has 6 nitrogen and oxygen atoms in total. The van der Waals surface area contributed by atoms with Crippen LogP contribution in [0.1, 0.15) is 10.5 Å². The average Bonchev–Trinajstić information content (AvgIpc) is 2.79. The van der Waals surface area contributed by atoms with Crippen LogP contribution in [-0.4, -0.2) is 36.8 Å². The SMILES string of the molecule is O=C(O)c1cn(CCSc2ccncc2)nn1. The number of rotatable bonds is 5. The van der Waals surface area contributed by atoms with Crippen LogP contribution in [0.2, 0.25) is 0 Å².